The standard InChI is InChI=1S/C16H22N4O/c1-4-5-9-16(21)18-13-7-6-8-14(10-13)20-15(12(2)3)11-17-19-20/h6-8,10-12H,4-5,9H2,1-3H3,(H,18,21). The van der Waals surface area contributed by atoms with Crippen molar-refractivity contribution < 1.29 is 4.79 Å². The number of amides is 1. The summed E-state index contributed by atoms with van der Waals surface area (Å²) in [5.74, 6) is 0.388. The predicted octanol–water partition coefficient (Wildman–Crippen LogP) is 3.52. The first-order valence-corrected chi connectivity index (χ1v) is 7.42. The molecule has 0 aliphatic carbocycles. The zero-order chi connectivity index (χ0) is 15.2. The molecule has 5 nitrogen and oxygen atoms in total. The Labute approximate surface area is 125 Å². The highest BCUT2D eigenvalue weighted by Crippen LogP contribution is 2.20. The molecule has 2 aromatic rings. The van der Waals surface area contributed by atoms with Crippen LogP contribution in [-0.4, -0.2) is 20.9 Å². The third-order valence-electron chi connectivity index (χ3n) is 3.30. The van der Waals surface area contributed by atoms with Gasteiger partial charge in [-0.2, -0.15) is 0 Å². The molecule has 0 unspecified atom stereocenters. The van der Waals surface area contributed by atoms with E-state index in [0.717, 1.165) is 29.9 Å². The maximum absolute atomic E-state index is 11.8. The minimum absolute atomic E-state index is 0.0525. The first-order valence-electron chi connectivity index (χ1n) is 7.42. The first kappa shape index (κ1) is 15.2. The van der Waals surface area contributed by atoms with Gasteiger partial charge in [0.25, 0.3) is 0 Å². The van der Waals surface area contributed by atoms with Gasteiger partial charge >= 0.3 is 0 Å². The minimum Gasteiger partial charge on any atom is -0.326 e. The molecule has 1 aromatic heterocycles. The molecule has 21 heavy (non-hydrogen) atoms. The predicted molar refractivity (Wildman–Crippen MR) is 83.6 cm³/mol. The monoisotopic (exact) mass is 286 g/mol. The molecule has 1 N–H and O–H groups in total. The highest BCUT2D eigenvalue weighted by molar-refractivity contribution is 5.90. The lowest BCUT2D eigenvalue weighted by molar-refractivity contribution is -0.116. The first-order chi connectivity index (χ1) is 10.1. The number of carbonyl (C=O) groups is 1. The van der Waals surface area contributed by atoms with Gasteiger partial charge in [0.1, 0.15) is 0 Å². The number of hydrogen-bond donors (Lipinski definition) is 1. The zero-order valence-electron chi connectivity index (χ0n) is 12.8. The van der Waals surface area contributed by atoms with E-state index in [2.05, 4.69) is 36.4 Å². The average molecular weight is 286 g/mol. The van der Waals surface area contributed by atoms with Crippen molar-refractivity contribution in [2.75, 3.05) is 5.32 Å². The zero-order valence-corrected chi connectivity index (χ0v) is 12.8. The summed E-state index contributed by atoms with van der Waals surface area (Å²) in [7, 11) is 0. The second-order valence-electron chi connectivity index (χ2n) is 5.43. The van der Waals surface area contributed by atoms with Gasteiger partial charge in [0, 0.05) is 12.1 Å². The Morgan fingerprint density at radius 3 is 2.90 bits per heavy atom. The molecule has 1 heterocycles. The van der Waals surface area contributed by atoms with Crippen LogP contribution in [-0.2, 0) is 4.79 Å². The third kappa shape index (κ3) is 3.90. The van der Waals surface area contributed by atoms with Crippen molar-refractivity contribution in [1.29, 1.82) is 0 Å². The second kappa shape index (κ2) is 7.02. The van der Waals surface area contributed by atoms with Crippen molar-refractivity contribution in [3.05, 3.63) is 36.2 Å². The normalized spacial score (nSPS) is 10.9. The lowest BCUT2D eigenvalue weighted by atomic mass is 10.1. The molecule has 5 heteroatoms. The molecule has 0 bridgehead atoms. The Morgan fingerprint density at radius 2 is 2.19 bits per heavy atom. The Kier molecular flexibility index (Phi) is 5.09. The molecule has 0 aliphatic rings. The number of nitrogens with one attached hydrogen (secondary N) is 1. The average Bonchev–Trinajstić information content (AvgIpc) is 2.95. The van der Waals surface area contributed by atoms with Crippen LogP contribution >= 0.6 is 0 Å². The van der Waals surface area contributed by atoms with Gasteiger partial charge in [0.15, 0.2) is 0 Å². The van der Waals surface area contributed by atoms with Gasteiger partial charge in [0.05, 0.1) is 17.6 Å². The molecule has 1 amide bonds. The van der Waals surface area contributed by atoms with E-state index in [1.54, 1.807) is 6.20 Å². The van der Waals surface area contributed by atoms with Crippen LogP contribution in [0.4, 0.5) is 5.69 Å². The van der Waals surface area contributed by atoms with Crippen molar-refractivity contribution >= 4 is 11.6 Å². The number of hydrogen-bond acceptors (Lipinski definition) is 3. The van der Waals surface area contributed by atoms with E-state index in [0.29, 0.717) is 12.3 Å². The number of nitrogens with zero attached hydrogens (tertiary/aromatic N) is 3. The van der Waals surface area contributed by atoms with Gasteiger partial charge in [0.2, 0.25) is 5.91 Å². The van der Waals surface area contributed by atoms with Crippen molar-refractivity contribution in [2.24, 2.45) is 0 Å². The number of anilines is 1. The lowest BCUT2D eigenvalue weighted by Gasteiger charge is -2.11. The van der Waals surface area contributed by atoms with Crippen LogP contribution in [0.15, 0.2) is 30.5 Å². The van der Waals surface area contributed by atoms with E-state index < -0.39 is 0 Å². The van der Waals surface area contributed by atoms with E-state index >= 15 is 0 Å². The number of rotatable bonds is 6. The maximum atomic E-state index is 11.8. The number of carbonyl (C=O) groups excluding carboxylic acids is 1. The van der Waals surface area contributed by atoms with Gasteiger partial charge in [-0.25, -0.2) is 4.68 Å². The topological polar surface area (TPSA) is 59.8 Å². The molecule has 0 spiro atoms. The molecule has 0 fully saturated rings. The van der Waals surface area contributed by atoms with Crippen molar-refractivity contribution in [3.63, 3.8) is 0 Å². The summed E-state index contributed by atoms with van der Waals surface area (Å²) in [6.07, 6.45) is 4.26. The lowest BCUT2D eigenvalue weighted by Crippen LogP contribution is -2.11. The summed E-state index contributed by atoms with van der Waals surface area (Å²) >= 11 is 0. The van der Waals surface area contributed by atoms with E-state index in [1.165, 1.54) is 0 Å². The van der Waals surface area contributed by atoms with Crippen LogP contribution in [0, 0.1) is 0 Å². The van der Waals surface area contributed by atoms with Crippen LogP contribution in [0.25, 0.3) is 5.69 Å². The van der Waals surface area contributed by atoms with Crippen molar-refractivity contribution in [2.45, 2.75) is 46.0 Å². The van der Waals surface area contributed by atoms with Crippen LogP contribution in [0.3, 0.4) is 0 Å². The van der Waals surface area contributed by atoms with Gasteiger partial charge < -0.3 is 5.32 Å². The summed E-state index contributed by atoms with van der Waals surface area (Å²) in [4.78, 5) is 11.8. The summed E-state index contributed by atoms with van der Waals surface area (Å²) < 4.78 is 1.81. The molecule has 0 saturated carbocycles. The summed E-state index contributed by atoms with van der Waals surface area (Å²) in [6, 6.07) is 7.68. The highest BCUT2D eigenvalue weighted by atomic mass is 16.1. The van der Waals surface area contributed by atoms with Gasteiger partial charge in [-0.15, -0.1) is 5.10 Å². The van der Waals surface area contributed by atoms with E-state index in [9.17, 15) is 4.79 Å². The fraction of sp³-hybridized carbons (Fsp3) is 0.438. The number of unbranched alkanes of at least 4 members (excludes halogenated alkanes) is 1. The van der Waals surface area contributed by atoms with Crippen LogP contribution < -0.4 is 5.32 Å². The second-order valence-corrected chi connectivity index (χ2v) is 5.43. The van der Waals surface area contributed by atoms with Crippen molar-refractivity contribution in [3.8, 4) is 5.69 Å². The molecule has 0 aliphatic heterocycles. The van der Waals surface area contributed by atoms with Gasteiger partial charge in [-0.1, -0.05) is 38.5 Å². The quantitative estimate of drug-likeness (QED) is 0.883. The Balaban J connectivity index is 2.18. The fourth-order valence-electron chi connectivity index (χ4n) is 2.11. The molecular weight excluding hydrogens is 264 g/mol. The minimum atomic E-state index is 0.0525. The maximum Gasteiger partial charge on any atom is 0.224 e. The van der Waals surface area contributed by atoms with Gasteiger partial charge in [-0.05, 0) is 30.5 Å². The molecular formula is C16H22N4O. The molecule has 0 atom stereocenters. The molecule has 2 rings (SSSR count). The highest BCUT2D eigenvalue weighted by Gasteiger charge is 2.10. The molecule has 0 radical (unpaired) electrons. The Morgan fingerprint density at radius 1 is 1.38 bits per heavy atom. The number of benzene rings is 1. The third-order valence-corrected chi connectivity index (χ3v) is 3.30. The Bertz CT molecular complexity index is 604. The summed E-state index contributed by atoms with van der Waals surface area (Å²) in [6.45, 7) is 6.28. The van der Waals surface area contributed by atoms with Crippen LogP contribution in [0.2, 0.25) is 0 Å². The molecule has 112 valence electrons. The Hall–Kier alpha value is -2.17. The molecule has 1 aromatic carbocycles. The summed E-state index contributed by atoms with van der Waals surface area (Å²) in [5.41, 5.74) is 2.74. The van der Waals surface area contributed by atoms with Crippen molar-refractivity contribution in [1.82, 2.24) is 15.0 Å². The largest absolute Gasteiger partial charge is 0.326 e. The van der Waals surface area contributed by atoms with Gasteiger partial charge in [-0.3, -0.25) is 4.79 Å². The summed E-state index contributed by atoms with van der Waals surface area (Å²) in [5, 5.41) is 11.0. The van der Waals surface area contributed by atoms with E-state index in [4.69, 9.17) is 0 Å². The van der Waals surface area contributed by atoms with E-state index in [1.807, 2.05) is 28.9 Å². The number of aromatic nitrogens is 3. The fourth-order valence-corrected chi connectivity index (χ4v) is 2.11. The van der Waals surface area contributed by atoms with Crippen LogP contribution in [0.1, 0.15) is 51.6 Å². The SMILES string of the molecule is CCCCC(=O)Nc1cccc(-n2nncc2C(C)C)c1. The molecule has 0 saturated heterocycles. The smallest absolute Gasteiger partial charge is 0.224 e. The van der Waals surface area contributed by atoms with Crippen LogP contribution in [0.5, 0.6) is 0 Å². The van der Waals surface area contributed by atoms with E-state index in [-0.39, 0.29) is 5.91 Å².